The summed E-state index contributed by atoms with van der Waals surface area (Å²) in [6.45, 7) is 0. The van der Waals surface area contributed by atoms with Gasteiger partial charge in [-0.15, -0.1) is 0 Å². The quantitative estimate of drug-likeness (QED) is 0.288. The number of H-pyrrole nitrogens is 2. The number of aromatic amines is 2. The van der Waals surface area contributed by atoms with Gasteiger partial charge in [-0.3, -0.25) is 10.1 Å². The Balaban J connectivity index is 1.26. The normalized spacial score (nSPS) is 14.6. The molecule has 1 aliphatic carbocycles. The fourth-order valence-electron chi connectivity index (χ4n) is 4.94. The summed E-state index contributed by atoms with van der Waals surface area (Å²) in [7, 11) is 0. The second kappa shape index (κ2) is 8.83. The highest BCUT2D eigenvalue weighted by molar-refractivity contribution is 7.08. The molecule has 1 aliphatic rings. The Morgan fingerprint density at radius 1 is 0.917 bits per heavy atom. The van der Waals surface area contributed by atoms with E-state index in [-0.39, 0.29) is 6.10 Å². The first-order chi connectivity index (χ1) is 17.8. The average Bonchev–Trinajstić information content (AvgIpc) is 3.68. The van der Waals surface area contributed by atoms with Crippen LogP contribution in [-0.4, -0.2) is 41.2 Å². The number of fused-ring (bicyclic) bond motifs is 2. The lowest BCUT2D eigenvalue weighted by Crippen LogP contribution is -2.19. The second-order valence-electron chi connectivity index (χ2n) is 9.14. The summed E-state index contributed by atoms with van der Waals surface area (Å²) in [5.74, 6) is 1.48. The second-order valence-corrected chi connectivity index (χ2v) is 9.92. The number of aromatic nitrogens is 7. The molecule has 2 N–H and O–H groups in total. The molecule has 1 fully saturated rings. The minimum Gasteiger partial charge on any atom is -0.489 e. The van der Waals surface area contributed by atoms with Crippen molar-refractivity contribution in [3.05, 3.63) is 59.8 Å². The van der Waals surface area contributed by atoms with Crippen LogP contribution in [0.4, 0.5) is 0 Å². The largest absolute Gasteiger partial charge is 0.489 e. The van der Waals surface area contributed by atoms with Crippen LogP contribution < -0.4 is 4.74 Å². The minimum atomic E-state index is 0.276. The predicted molar refractivity (Wildman–Crippen MR) is 141 cm³/mol. The van der Waals surface area contributed by atoms with Gasteiger partial charge in [-0.05, 0) is 66.3 Å². The first-order valence-corrected chi connectivity index (χ1v) is 13.1. The van der Waals surface area contributed by atoms with Crippen LogP contribution in [0.3, 0.4) is 0 Å². The van der Waals surface area contributed by atoms with Crippen molar-refractivity contribution in [1.82, 2.24) is 35.1 Å². The fraction of sp³-hybridized carbons (Fsp3) is 0.222. The van der Waals surface area contributed by atoms with Crippen LogP contribution in [0.25, 0.3) is 56.0 Å². The predicted octanol–water partition coefficient (Wildman–Crippen LogP) is 6.40. The number of thiophene rings is 1. The van der Waals surface area contributed by atoms with Gasteiger partial charge in [-0.1, -0.05) is 6.42 Å². The van der Waals surface area contributed by atoms with E-state index in [2.05, 4.69) is 53.0 Å². The van der Waals surface area contributed by atoms with Gasteiger partial charge in [0.1, 0.15) is 11.4 Å². The Bertz CT molecular complexity index is 1660. The molecule has 6 aromatic heterocycles. The van der Waals surface area contributed by atoms with E-state index in [9.17, 15) is 0 Å². The lowest BCUT2D eigenvalue weighted by atomic mass is 9.98. The van der Waals surface area contributed by atoms with Gasteiger partial charge >= 0.3 is 0 Å². The first-order valence-electron chi connectivity index (χ1n) is 12.2. The zero-order chi connectivity index (χ0) is 23.9. The van der Waals surface area contributed by atoms with E-state index in [1.807, 2.05) is 24.5 Å². The molecule has 0 aromatic carbocycles. The van der Waals surface area contributed by atoms with Gasteiger partial charge in [-0.2, -0.15) is 16.4 Å². The monoisotopic (exact) mass is 493 g/mol. The van der Waals surface area contributed by atoms with Gasteiger partial charge in [-0.25, -0.2) is 15.0 Å². The van der Waals surface area contributed by atoms with E-state index < -0.39 is 0 Å². The highest BCUT2D eigenvalue weighted by Crippen LogP contribution is 2.33. The average molecular weight is 494 g/mol. The van der Waals surface area contributed by atoms with Gasteiger partial charge in [0.05, 0.1) is 23.2 Å². The van der Waals surface area contributed by atoms with Crippen LogP contribution in [0.1, 0.15) is 32.1 Å². The molecule has 1 saturated carbocycles. The summed E-state index contributed by atoms with van der Waals surface area (Å²) in [4.78, 5) is 21.7. The number of hydrogen-bond donors (Lipinski definition) is 2. The Morgan fingerprint density at radius 2 is 1.83 bits per heavy atom. The molecule has 9 heteroatoms. The van der Waals surface area contributed by atoms with Crippen LogP contribution >= 0.6 is 11.3 Å². The maximum absolute atomic E-state index is 6.24. The molecular weight excluding hydrogens is 470 g/mol. The highest BCUT2D eigenvalue weighted by atomic mass is 32.1. The summed E-state index contributed by atoms with van der Waals surface area (Å²) < 4.78 is 6.24. The number of nitrogens with zero attached hydrogens (tertiary/aromatic N) is 5. The van der Waals surface area contributed by atoms with Crippen molar-refractivity contribution in [2.24, 2.45) is 0 Å². The zero-order valence-electron chi connectivity index (χ0n) is 19.4. The van der Waals surface area contributed by atoms with E-state index in [4.69, 9.17) is 9.72 Å². The van der Waals surface area contributed by atoms with Crippen LogP contribution in [0, 0.1) is 0 Å². The van der Waals surface area contributed by atoms with Crippen molar-refractivity contribution in [2.75, 3.05) is 0 Å². The van der Waals surface area contributed by atoms with Crippen molar-refractivity contribution >= 4 is 33.5 Å². The van der Waals surface area contributed by atoms with Crippen molar-refractivity contribution < 1.29 is 4.74 Å². The standard InChI is InChI=1S/C27H23N7OS/c1-2-4-19(5-3-1)35-20-10-17(12-28-14-20)18-11-22-24(33-34-25(22)30-13-18)27-31-23-21(16-7-9-36-15-16)6-8-29-26(23)32-27/h6-15,19H,1-5H2,(H,29,31,32)(H,30,33,34). The lowest BCUT2D eigenvalue weighted by molar-refractivity contribution is 0.154. The summed E-state index contributed by atoms with van der Waals surface area (Å²) in [6, 6.07) is 8.22. The van der Waals surface area contributed by atoms with Crippen LogP contribution in [0.2, 0.25) is 0 Å². The number of imidazole rings is 1. The molecule has 0 bridgehead atoms. The molecule has 8 nitrogen and oxygen atoms in total. The van der Waals surface area contributed by atoms with E-state index in [1.54, 1.807) is 23.7 Å². The van der Waals surface area contributed by atoms with Gasteiger partial charge in [0.2, 0.25) is 0 Å². The fourth-order valence-corrected chi connectivity index (χ4v) is 5.60. The number of nitrogens with one attached hydrogen (secondary N) is 2. The molecule has 36 heavy (non-hydrogen) atoms. The van der Waals surface area contributed by atoms with Gasteiger partial charge < -0.3 is 9.72 Å². The smallest absolute Gasteiger partial charge is 0.181 e. The molecule has 0 spiro atoms. The molecule has 0 unspecified atom stereocenters. The van der Waals surface area contributed by atoms with Crippen molar-refractivity contribution in [3.63, 3.8) is 0 Å². The Morgan fingerprint density at radius 3 is 2.72 bits per heavy atom. The Hall–Kier alpha value is -4.11. The van der Waals surface area contributed by atoms with Gasteiger partial charge in [0.15, 0.2) is 17.1 Å². The number of pyridine rings is 3. The van der Waals surface area contributed by atoms with E-state index in [0.29, 0.717) is 17.1 Å². The van der Waals surface area contributed by atoms with Gasteiger partial charge in [0.25, 0.3) is 0 Å². The SMILES string of the molecule is c1cc(-c2ccsc2)c2[nH]c(-c3[nH]nc4ncc(-c5cncc(OC6CCCCC6)c5)cc34)nc2n1. The van der Waals surface area contributed by atoms with Crippen molar-refractivity contribution in [3.8, 4) is 39.5 Å². The summed E-state index contributed by atoms with van der Waals surface area (Å²) in [5, 5.41) is 12.6. The minimum absolute atomic E-state index is 0.276. The van der Waals surface area contributed by atoms with Crippen molar-refractivity contribution in [2.45, 2.75) is 38.2 Å². The summed E-state index contributed by atoms with van der Waals surface area (Å²) in [6.07, 6.45) is 13.5. The summed E-state index contributed by atoms with van der Waals surface area (Å²) >= 11 is 1.67. The van der Waals surface area contributed by atoms with Crippen LogP contribution in [0.15, 0.2) is 59.8 Å². The third-order valence-electron chi connectivity index (χ3n) is 6.77. The Kier molecular flexibility index (Phi) is 5.20. The maximum atomic E-state index is 6.24. The lowest BCUT2D eigenvalue weighted by Gasteiger charge is -2.23. The molecule has 6 heterocycles. The van der Waals surface area contributed by atoms with E-state index in [1.165, 1.54) is 19.3 Å². The third-order valence-corrected chi connectivity index (χ3v) is 7.46. The molecule has 178 valence electrons. The number of ether oxygens (including phenoxy) is 1. The van der Waals surface area contributed by atoms with Crippen LogP contribution in [-0.2, 0) is 0 Å². The molecule has 0 saturated heterocycles. The molecule has 7 rings (SSSR count). The molecule has 6 aromatic rings. The highest BCUT2D eigenvalue weighted by Gasteiger charge is 2.18. The van der Waals surface area contributed by atoms with E-state index >= 15 is 0 Å². The number of rotatable bonds is 5. The first kappa shape index (κ1) is 21.2. The molecule has 0 amide bonds. The molecule has 0 atom stereocenters. The van der Waals surface area contributed by atoms with Crippen molar-refractivity contribution in [1.29, 1.82) is 0 Å². The van der Waals surface area contributed by atoms with Gasteiger partial charge in [0, 0.05) is 35.3 Å². The third kappa shape index (κ3) is 3.81. The van der Waals surface area contributed by atoms with Crippen LogP contribution in [0.5, 0.6) is 5.75 Å². The topological polar surface area (TPSA) is 105 Å². The summed E-state index contributed by atoms with van der Waals surface area (Å²) in [5.41, 5.74) is 7.08. The Labute approximate surface area is 210 Å². The molecular formula is C27H23N7OS. The van der Waals surface area contributed by atoms with E-state index in [0.717, 1.165) is 57.4 Å². The zero-order valence-corrected chi connectivity index (χ0v) is 20.3. The maximum Gasteiger partial charge on any atom is 0.181 e. The molecule has 0 radical (unpaired) electrons. The molecule has 0 aliphatic heterocycles. The number of hydrogen-bond acceptors (Lipinski definition) is 7.